The van der Waals surface area contributed by atoms with E-state index in [4.69, 9.17) is 4.74 Å². The van der Waals surface area contributed by atoms with Crippen LogP contribution < -0.4 is 4.74 Å². The van der Waals surface area contributed by atoms with Crippen LogP contribution in [0.25, 0.3) is 5.57 Å². The Bertz CT molecular complexity index is 400. The molecule has 0 saturated carbocycles. The van der Waals surface area contributed by atoms with Gasteiger partial charge in [-0.1, -0.05) is 56.9 Å². The van der Waals surface area contributed by atoms with Gasteiger partial charge >= 0.3 is 0 Å². The molecule has 0 fully saturated rings. The average molecular weight is 274 g/mol. The molecule has 0 spiro atoms. The van der Waals surface area contributed by atoms with Crippen molar-refractivity contribution in [1.82, 2.24) is 0 Å². The summed E-state index contributed by atoms with van der Waals surface area (Å²) in [6.45, 7) is 12.6. The maximum atomic E-state index is 6.11. The number of benzene rings is 1. The van der Waals surface area contributed by atoms with Gasteiger partial charge in [-0.15, -0.1) is 0 Å². The van der Waals surface area contributed by atoms with Crippen molar-refractivity contribution in [2.24, 2.45) is 0 Å². The molecule has 0 aromatic heterocycles. The van der Waals surface area contributed by atoms with Crippen LogP contribution in [0.5, 0.6) is 5.75 Å². The lowest BCUT2D eigenvalue weighted by Crippen LogP contribution is -2.27. The van der Waals surface area contributed by atoms with E-state index >= 15 is 0 Å². The molecule has 0 aliphatic heterocycles. The molecule has 0 heterocycles. The fourth-order valence-electron chi connectivity index (χ4n) is 2.33. The van der Waals surface area contributed by atoms with E-state index in [0.29, 0.717) is 0 Å². The molecule has 0 N–H and O–H groups in total. The van der Waals surface area contributed by atoms with Gasteiger partial charge in [0.2, 0.25) is 0 Å². The smallest absolute Gasteiger partial charge is 0.120 e. The minimum absolute atomic E-state index is 0.0864. The third kappa shape index (κ3) is 6.27. The molecule has 0 aliphatic rings. The van der Waals surface area contributed by atoms with Crippen molar-refractivity contribution in [2.75, 3.05) is 0 Å². The molecule has 1 heteroatoms. The highest BCUT2D eigenvalue weighted by Gasteiger charge is 2.19. The van der Waals surface area contributed by atoms with Gasteiger partial charge in [-0.05, 0) is 51.3 Å². The third-order valence-electron chi connectivity index (χ3n) is 3.62. The quantitative estimate of drug-likeness (QED) is 0.484. The van der Waals surface area contributed by atoms with Gasteiger partial charge in [0.15, 0.2) is 0 Å². The minimum atomic E-state index is -0.0864. The normalized spacial score (nSPS) is 11.4. The molecule has 112 valence electrons. The monoisotopic (exact) mass is 274 g/mol. The topological polar surface area (TPSA) is 9.23 Å². The summed E-state index contributed by atoms with van der Waals surface area (Å²) < 4.78 is 6.11. The second kappa shape index (κ2) is 8.14. The van der Waals surface area contributed by atoms with E-state index in [1.165, 1.54) is 37.7 Å². The summed E-state index contributed by atoms with van der Waals surface area (Å²) in [5.41, 5.74) is 2.18. The van der Waals surface area contributed by atoms with Crippen LogP contribution in [0.15, 0.2) is 30.8 Å². The van der Waals surface area contributed by atoms with E-state index in [1.807, 2.05) is 19.1 Å². The van der Waals surface area contributed by atoms with Crippen LogP contribution in [-0.2, 0) is 0 Å². The predicted octanol–water partition coefficient (Wildman–Crippen LogP) is 6.24. The number of ether oxygens (including phenoxy) is 1. The highest BCUT2D eigenvalue weighted by molar-refractivity contribution is 5.61. The van der Waals surface area contributed by atoms with Crippen molar-refractivity contribution in [3.05, 3.63) is 36.4 Å². The number of hydrogen-bond donors (Lipinski definition) is 0. The molecule has 20 heavy (non-hydrogen) atoms. The largest absolute Gasteiger partial charge is 0.488 e. The number of rotatable bonds is 9. The zero-order chi connectivity index (χ0) is 15.0. The molecule has 1 aromatic rings. The molecule has 0 atom stereocenters. The first-order valence-electron chi connectivity index (χ1n) is 7.89. The maximum absolute atomic E-state index is 6.11. The molecular formula is C19H30O. The van der Waals surface area contributed by atoms with Crippen molar-refractivity contribution in [1.29, 1.82) is 0 Å². The first kappa shape index (κ1) is 16.8. The van der Waals surface area contributed by atoms with Crippen LogP contribution >= 0.6 is 0 Å². The second-order valence-electron chi connectivity index (χ2n) is 6.33. The van der Waals surface area contributed by atoms with Gasteiger partial charge in [0.05, 0.1) is 0 Å². The molecular weight excluding hydrogens is 244 g/mol. The lowest BCUT2D eigenvalue weighted by molar-refractivity contribution is 0.0961. The second-order valence-corrected chi connectivity index (χ2v) is 6.33. The Morgan fingerprint density at radius 3 is 2.20 bits per heavy atom. The molecule has 0 saturated heterocycles. The van der Waals surface area contributed by atoms with Gasteiger partial charge in [-0.3, -0.25) is 0 Å². The molecule has 0 unspecified atom stereocenters. The SMILES string of the molecule is C=C(C)c1ccc(OC(C)(C)CCCCCCC)cc1. The van der Waals surface area contributed by atoms with E-state index < -0.39 is 0 Å². The molecule has 0 radical (unpaired) electrons. The van der Waals surface area contributed by atoms with Crippen LogP contribution in [0.2, 0.25) is 0 Å². The lowest BCUT2D eigenvalue weighted by atomic mass is 9.99. The van der Waals surface area contributed by atoms with Crippen molar-refractivity contribution in [3.8, 4) is 5.75 Å². The third-order valence-corrected chi connectivity index (χ3v) is 3.62. The fourth-order valence-corrected chi connectivity index (χ4v) is 2.33. The number of hydrogen-bond acceptors (Lipinski definition) is 1. The Kier molecular flexibility index (Phi) is 6.84. The first-order valence-corrected chi connectivity index (χ1v) is 7.89. The van der Waals surface area contributed by atoms with Gasteiger partial charge in [0, 0.05) is 0 Å². The van der Waals surface area contributed by atoms with E-state index in [-0.39, 0.29) is 5.60 Å². The van der Waals surface area contributed by atoms with Gasteiger partial charge < -0.3 is 4.74 Å². The van der Waals surface area contributed by atoms with Crippen molar-refractivity contribution < 1.29 is 4.74 Å². The van der Waals surface area contributed by atoms with Crippen molar-refractivity contribution in [3.63, 3.8) is 0 Å². The van der Waals surface area contributed by atoms with Crippen LogP contribution in [0, 0.1) is 0 Å². The zero-order valence-corrected chi connectivity index (χ0v) is 13.7. The Labute approximate surface area is 125 Å². The standard InChI is InChI=1S/C19H30O/c1-6-7-8-9-10-15-19(4,5)20-18-13-11-17(12-14-18)16(2)3/h11-14H,2,6-10,15H2,1,3-5H3. The van der Waals surface area contributed by atoms with E-state index in [0.717, 1.165) is 17.7 Å². The van der Waals surface area contributed by atoms with E-state index in [2.05, 4.69) is 39.5 Å². The fraction of sp³-hybridized carbons (Fsp3) is 0.579. The summed E-state index contributed by atoms with van der Waals surface area (Å²) in [7, 11) is 0. The summed E-state index contributed by atoms with van der Waals surface area (Å²) in [4.78, 5) is 0. The van der Waals surface area contributed by atoms with Gasteiger partial charge in [-0.25, -0.2) is 0 Å². The number of allylic oxidation sites excluding steroid dienone is 1. The Hall–Kier alpha value is -1.24. The van der Waals surface area contributed by atoms with Crippen LogP contribution in [-0.4, -0.2) is 5.60 Å². The van der Waals surface area contributed by atoms with Crippen LogP contribution in [0.4, 0.5) is 0 Å². The average Bonchev–Trinajstić information content (AvgIpc) is 2.38. The number of unbranched alkanes of at least 4 members (excludes halogenated alkanes) is 4. The Morgan fingerprint density at radius 2 is 1.65 bits per heavy atom. The lowest BCUT2D eigenvalue weighted by Gasteiger charge is -2.26. The minimum Gasteiger partial charge on any atom is -0.488 e. The van der Waals surface area contributed by atoms with Gasteiger partial charge in [0.25, 0.3) is 0 Å². The van der Waals surface area contributed by atoms with E-state index in [1.54, 1.807) is 0 Å². The summed E-state index contributed by atoms with van der Waals surface area (Å²) >= 11 is 0. The van der Waals surface area contributed by atoms with Crippen molar-refractivity contribution in [2.45, 2.75) is 71.8 Å². The van der Waals surface area contributed by atoms with Crippen LogP contribution in [0.3, 0.4) is 0 Å². The molecule has 1 aromatic carbocycles. The molecule has 1 nitrogen and oxygen atoms in total. The zero-order valence-electron chi connectivity index (χ0n) is 13.7. The highest BCUT2D eigenvalue weighted by Crippen LogP contribution is 2.25. The Balaban J connectivity index is 2.42. The summed E-state index contributed by atoms with van der Waals surface area (Å²) in [6, 6.07) is 8.25. The van der Waals surface area contributed by atoms with Gasteiger partial charge in [-0.2, -0.15) is 0 Å². The van der Waals surface area contributed by atoms with Gasteiger partial charge in [0.1, 0.15) is 11.4 Å². The van der Waals surface area contributed by atoms with E-state index in [9.17, 15) is 0 Å². The molecule has 1 rings (SSSR count). The first-order chi connectivity index (χ1) is 9.44. The summed E-state index contributed by atoms with van der Waals surface area (Å²) in [5, 5.41) is 0. The van der Waals surface area contributed by atoms with Crippen molar-refractivity contribution >= 4 is 5.57 Å². The summed E-state index contributed by atoms with van der Waals surface area (Å²) in [6.07, 6.45) is 7.67. The molecule has 0 aliphatic carbocycles. The maximum Gasteiger partial charge on any atom is 0.120 e. The van der Waals surface area contributed by atoms with Crippen LogP contribution in [0.1, 0.15) is 71.8 Å². The highest BCUT2D eigenvalue weighted by atomic mass is 16.5. The summed E-state index contributed by atoms with van der Waals surface area (Å²) in [5.74, 6) is 0.952. The molecule has 0 bridgehead atoms. The Morgan fingerprint density at radius 1 is 1.05 bits per heavy atom. The molecule has 0 amide bonds. The predicted molar refractivity (Wildman–Crippen MR) is 89.2 cm³/mol.